The Labute approximate surface area is 217 Å². The number of amides is 1. The highest BCUT2D eigenvalue weighted by Crippen LogP contribution is 2.41. The van der Waals surface area contributed by atoms with Crippen LogP contribution in [-0.2, 0) is 11.3 Å². The summed E-state index contributed by atoms with van der Waals surface area (Å²) in [5.41, 5.74) is 2.37. The summed E-state index contributed by atoms with van der Waals surface area (Å²) in [6.45, 7) is 4.49. The third-order valence-corrected chi connectivity index (χ3v) is 7.66. The quantitative estimate of drug-likeness (QED) is 0.418. The molecule has 0 radical (unpaired) electrons. The van der Waals surface area contributed by atoms with Gasteiger partial charge in [-0.3, -0.25) is 9.80 Å². The number of piperidine rings is 1. The lowest BCUT2D eigenvalue weighted by Gasteiger charge is -2.39. The van der Waals surface area contributed by atoms with Gasteiger partial charge in [0, 0.05) is 31.5 Å². The largest absolute Gasteiger partial charge is 0.504 e. The highest BCUT2D eigenvalue weighted by atomic mass is 19.1. The van der Waals surface area contributed by atoms with Crippen molar-refractivity contribution in [1.29, 1.82) is 0 Å². The Morgan fingerprint density at radius 2 is 1.78 bits per heavy atom. The van der Waals surface area contributed by atoms with Crippen molar-refractivity contribution in [2.75, 3.05) is 25.1 Å². The number of nitrogens with zero attached hydrogens (tertiary/aromatic N) is 2. The number of aromatic hydroxyl groups is 1. The molecule has 2 aliphatic rings. The second-order valence-electron chi connectivity index (χ2n) is 10.1. The van der Waals surface area contributed by atoms with E-state index in [1.165, 1.54) is 29.7 Å². The molecule has 3 aromatic rings. The fraction of sp³-hybridized carbons (Fsp3) is 0.367. The maximum absolute atomic E-state index is 14.2. The Morgan fingerprint density at radius 1 is 1.05 bits per heavy atom. The summed E-state index contributed by atoms with van der Waals surface area (Å²) >= 11 is 0. The fourth-order valence-electron chi connectivity index (χ4n) is 5.84. The molecule has 5 rings (SSSR count). The van der Waals surface area contributed by atoms with Crippen LogP contribution in [-0.4, -0.2) is 42.4 Å². The normalized spacial score (nSPS) is 21.9. The first kappa shape index (κ1) is 25.1. The number of halogens is 1. The van der Waals surface area contributed by atoms with Crippen LogP contribution >= 0.6 is 0 Å². The van der Waals surface area contributed by atoms with E-state index in [1.807, 2.05) is 13.0 Å². The van der Waals surface area contributed by atoms with Crippen LogP contribution in [0.4, 0.5) is 14.9 Å². The zero-order valence-corrected chi connectivity index (χ0v) is 21.2. The molecule has 37 heavy (non-hydrogen) atoms. The molecule has 0 spiro atoms. The number of phenolic OH excluding ortho intramolecular Hbond substituents is 1. The summed E-state index contributed by atoms with van der Waals surface area (Å²) in [7, 11) is 1.48. The van der Waals surface area contributed by atoms with Crippen molar-refractivity contribution in [2.24, 2.45) is 11.8 Å². The molecule has 3 atom stereocenters. The summed E-state index contributed by atoms with van der Waals surface area (Å²) in [5.74, 6) is 0.412. The van der Waals surface area contributed by atoms with E-state index >= 15 is 0 Å². The molecule has 1 aliphatic carbocycles. The van der Waals surface area contributed by atoms with Crippen LogP contribution in [0.5, 0.6) is 11.5 Å². The molecule has 2 fully saturated rings. The number of benzene rings is 3. The molecule has 3 aromatic carbocycles. The lowest BCUT2D eigenvalue weighted by Crippen LogP contribution is -2.48. The first-order valence-electron chi connectivity index (χ1n) is 12.8. The molecule has 1 heterocycles. The van der Waals surface area contributed by atoms with Gasteiger partial charge in [0.15, 0.2) is 11.5 Å². The van der Waals surface area contributed by atoms with E-state index in [1.54, 1.807) is 30.3 Å². The number of ether oxygens (including phenoxy) is 2. The van der Waals surface area contributed by atoms with Crippen LogP contribution in [0.3, 0.4) is 0 Å². The van der Waals surface area contributed by atoms with Gasteiger partial charge >= 0.3 is 6.09 Å². The Morgan fingerprint density at radius 3 is 2.43 bits per heavy atom. The van der Waals surface area contributed by atoms with Gasteiger partial charge < -0.3 is 14.6 Å². The highest BCUT2D eigenvalue weighted by Gasteiger charge is 2.45. The fourth-order valence-corrected chi connectivity index (χ4v) is 5.84. The Bertz CT molecular complexity index is 1220. The van der Waals surface area contributed by atoms with Gasteiger partial charge in [0.2, 0.25) is 0 Å². The smallest absolute Gasteiger partial charge is 0.415 e. The van der Waals surface area contributed by atoms with Gasteiger partial charge in [-0.1, -0.05) is 42.5 Å². The predicted octanol–water partition coefficient (Wildman–Crippen LogP) is 6.15. The van der Waals surface area contributed by atoms with E-state index in [9.17, 15) is 14.3 Å². The molecule has 2 bridgehead atoms. The minimum absolute atomic E-state index is 0.0248. The zero-order valence-electron chi connectivity index (χ0n) is 21.2. The number of hydrogen-bond donors (Lipinski definition) is 1. The van der Waals surface area contributed by atoms with Gasteiger partial charge in [-0.15, -0.1) is 0 Å². The highest BCUT2D eigenvalue weighted by molar-refractivity contribution is 5.88. The summed E-state index contributed by atoms with van der Waals surface area (Å²) in [5, 5.41) is 10.3. The molecule has 1 N–H and O–H groups in total. The monoisotopic (exact) mass is 504 g/mol. The lowest BCUT2D eigenvalue weighted by atomic mass is 9.94. The molecular formula is C30H33FN2O4. The van der Waals surface area contributed by atoms with E-state index < -0.39 is 18.0 Å². The number of phenols is 1. The number of likely N-dealkylation sites (tertiary alicyclic amines) is 1. The van der Waals surface area contributed by atoms with Gasteiger partial charge in [-0.25, -0.2) is 9.18 Å². The van der Waals surface area contributed by atoms with Crippen molar-refractivity contribution in [2.45, 2.75) is 38.5 Å². The third-order valence-electron chi connectivity index (χ3n) is 7.66. The van der Waals surface area contributed by atoms with Crippen molar-refractivity contribution in [3.05, 3.63) is 89.7 Å². The van der Waals surface area contributed by atoms with Crippen LogP contribution in [0, 0.1) is 17.7 Å². The average Bonchev–Trinajstić information content (AvgIpc) is 3.11. The second-order valence-corrected chi connectivity index (χ2v) is 10.1. The number of carbonyl (C=O) groups excluding carboxylic acids is 1. The molecule has 194 valence electrons. The van der Waals surface area contributed by atoms with Crippen molar-refractivity contribution >= 4 is 11.8 Å². The zero-order chi connectivity index (χ0) is 25.9. The van der Waals surface area contributed by atoms with Crippen molar-refractivity contribution < 1.29 is 23.8 Å². The Kier molecular flexibility index (Phi) is 7.33. The van der Waals surface area contributed by atoms with Gasteiger partial charge in [-0.05, 0) is 61.2 Å². The van der Waals surface area contributed by atoms with Crippen LogP contribution in [0.1, 0.15) is 36.9 Å². The van der Waals surface area contributed by atoms with Crippen LogP contribution in [0.25, 0.3) is 0 Å². The number of anilines is 1. The molecule has 1 saturated carbocycles. The van der Waals surface area contributed by atoms with Crippen LogP contribution in [0.2, 0.25) is 0 Å². The van der Waals surface area contributed by atoms with E-state index in [4.69, 9.17) is 9.47 Å². The number of hydrogen-bond acceptors (Lipinski definition) is 5. The minimum atomic E-state index is -0.512. The van der Waals surface area contributed by atoms with Gasteiger partial charge in [0.05, 0.1) is 18.8 Å². The molecule has 3 unspecified atom stereocenters. The summed E-state index contributed by atoms with van der Waals surface area (Å²) in [4.78, 5) is 17.6. The maximum atomic E-state index is 14.2. The van der Waals surface area contributed by atoms with Crippen molar-refractivity contribution in [1.82, 2.24) is 4.90 Å². The maximum Gasteiger partial charge on any atom is 0.415 e. The first-order valence-corrected chi connectivity index (χ1v) is 12.8. The SMILES string of the molecule is COc1ccc(C(C)N(C(=O)OC2C3CCC2CN(Cc2ccccc2)C3)c2cccc(F)c2)cc1O. The summed E-state index contributed by atoms with van der Waals surface area (Å²) < 4.78 is 25.6. The third kappa shape index (κ3) is 5.42. The summed E-state index contributed by atoms with van der Waals surface area (Å²) in [6.07, 6.45) is 1.37. The van der Waals surface area contributed by atoms with Crippen molar-refractivity contribution in [3.8, 4) is 11.5 Å². The first-order chi connectivity index (χ1) is 17.9. The summed E-state index contributed by atoms with van der Waals surface area (Å²) in [6, 6.07) is 20.9. The lowest BCUT2D eigenvalue weighted by molar-refractivity contribution is -0.000550. The topological polar surface area (TPSA) is 62.2 Å². The van der Waals surface area contributed by atoms with Crippen LogP contribution in [0.15, 0.2) is 72.8 Å². The molecule has 1 saturated heterocycles. The van der Waals surface area contributed by atoms with E-state index in [2.05, 4.69) is 29.2 Å². The molecule has 6 nitrogen and oxygen atoms in total. The molecule has 7 heteroatoms. The minimum Gasteiger partial charge on any atom is -0.504 e. The molecule has 1 amide bonds. The van der Waals surface area contributed by atoms with E-state index in [0.29, 0.717) is 17.0 Å². The van der Waals surface area contributed by atoms with E-state index in [0.717, 1.165) is 32.5 Å². The van der Waals surface area contributed by atoms with Gasteiger partial charge in [0.25, 0.3) is 0 Å². The Balaban J connectivity index is 1.35. The number of rotatable bonds is 7. The van der Waals surface area contributed by atoms with E-state index in [-0.39, 0.29) is 23.7 Å². The molecule has 0 aromatic heterocycles. The standard InChI is InChI=1S/C30H33FN2O4/c1-20(22-13-14-28(36-2)27(34)15-22)33(26-10-6-9-25(31)16-26)30(35)37-29-23-11-12-24(29)19-32(18-23)17-21-7-4-3-5-8-21/h3-10,13-16,20,23-24,29,34H,11-12,17-19H2,1-2H3. The van der Waals surface area contributed by atoms with Crippen molar-refractivity contribution in [3.63, 3.8) is 0 Å². The van der Waals surface area contributed by atoms with Gasteiger partial charge in [0.1, 0.15) is 11.9 Å². The van der Waals surface area contributed by atoms with Crippen LogP contribution < -0.4 is 9.64 Å². The predicted molar refractivity (Wildman–Crippen MR) is 140 cm³/mol. The number of carbonyl (C=O) groups is 1. The number of methoxy groups -OCH3 is 1. The number of fused-ring (bicyclic) bond motifs is 2. The second kappa shape index (κ2) is 10.8. The average molecular weight is 505 g/mol. The van der Waals surface area contributed by atoms with Gasteiger partial charge in [-0.2, -0.15) is 0 Å². The Hall–Kier alpha value is -3.58. The molecule has 1 aliphatic heterocycles. The molecular weight excluding hydrogens is 471 g/mol.